The van der Waals surface area contributed by atoms with Crippen molar-refractivity contribution in [1.29, 1.82) is 0 Å². The number of hydrogen-bond acceptors (Lipinski definition) is 7. The van der Waals surface area contributed by atoms with Gasteiger partial charge in [-0.05, 0) is 64.1 Å². The summed E-state index contributed by atoms with van der Waals surface area (Å²) in [6.45, 7) is 4.60. The average molecular weight is 409 g/mol. The van der Waals surface area contributed by atoms with Gasteiger partial charge in [-0.2, -0.15) is 0 Å². The first-order chi connectivity index (χ1) is 13.3. The zero-order chi connectivity index (χ0) is 20.1. The smallest absolute Gasteiger partial charge is 0.504 e. The van der Waals surface area contributed by atoms with Gasteiger partial charge in [-0.3, -0.25) is 13.9 Å². The fraction of sp³-hybridized carbons (Fsp3) is 0.600. The fourth-order valence-electron chi connectivity index (χ4n) is 4.56. The third-order valence-corrected chi connectivity index (χ3v) is 7.99. The van der Waals surface area contributed by atoms with Crippen molar-refractivity contribution in [3.63, 3.8) is 0 Å². The van der Waals surface area contributed by atoms with E-state index >= 15 is 0 Å². The Kier molecular flexibility index (Phi) is 4.99. The number of phosphoric acid groups is 1. The number of allylic oxidation sites excluding steroid dienone is 1. The molecule has 154 valence electrons. The minimum absolute atomic E-state index is 0.0922. The Labute approximate surface area is 165 Å². The molecule has 0 amide bonds. The van der Waals surface area contributed by atoms with Crippen LogP contribution in [0, 0.1) is 0 Å². The number of likely N-dealkylation sites (tertiary alicyclic amines) is 1. The van der Waals surface area contributed by atoms with Crippen molar-refractivity contribution in [2.75, 3.05) is 20.7 Å². The lowest BCUT2D eigenvalue weighted by Gasteiger charge is -2.40. The van der Waals surface area contributed by atoms with Crippen LogP contribution in [0.4, 0.5) is 0 Å². The van der Waals surface area contributed by atoms with E-state index < -0.39 is 7.82 Å². The molecule has 4 rings (SSSR count). The molecule has 0 aromatic heterocycles. The molecule has 2 saturated heterocycles. The number of fused-ring (bicyclic) bond motifs is 1. The average Bonchev–Trinajstić information content (AvgIpc) is 3.12. The Balaban J connectivity index is 1.63. The summed E-state index contributed by atoms with van der Waals surface area (Å²) in [7, 11) is 0.0797. The van der Waals surface area contributed by atoms with E-state index in [1.807, 2.05) is 26.0 Å². The first-order valence-corrected chi connectivity index (χ1v) is 11.2. The van der Waals surface area contributed by atoms with E-state index in [1.165, 1.54) is 0 Å². The molecule has 4 unspecified atom stereocenters. The summed E-state index contributed by atoms with van der Waals surface area (Å²) >= 11 is 0. The summed E-state index contributed by atoms with van der Waals surface area (Å²) in [6, 6.07) is 5.68. The quantitative estimate of drug-likeness (QED) is 0.754. The molecule has 8 heteroatoms. The second kappa shape index (κ2) is 7.06. The Bertz CT molecular complexity index is 828. The lowest BCUT2D eigenvalue weighted by molar-refractivity contribution is 0.187. The molecule has 0 saturated carbocycles. The standard InChI is InChI=1S/C20H28NO6P/c1-13-14(2)26-28(23,25-13)27-16-7-8-20(9-10-21(3)19(20)12-16)15-5-6-17(22)18(11-15)24-4/h5-6,11-14,19,22H,7-10H2,1-4H3. The normalized spacial score (nSPS) is 38.1. The second-order valence-electron chi connectivity index (χ2n) is 8.01. The van der Waals surface area contributed by atoms with Crippen LogP contribution in [-0.4, -0.2) is 49.0 Å². The van der Waals surface area contributed by atoms with Crippen LogP contribution in [0.5, 0.6) is 11.5 Å². The predicted octanol–water partition coefficient (Wildman–Crippen LogP) is 3.97. The number of aromatic hydroxyl groups is 1. The Morgan fingerprint density at radius 2 is 1.96 bits per heavy atom. The molecule has 7 nitrogen and oxygen atoms in total. The monoisotopic (exact) mass is 409 g/mol. The highest BCUT2D eigenvalue weighted by molar-refractivity contribution is 7.48. The number of likely N-dealkylation sites (N-methyl/N-ethyl adjacent to an activating group) is 1. The molecule has 2 aliphatic heterocycles. The highest BCUT2D eigenvalue weighted by Gasteiger charge is 2.50. The minimum atomic E-state index is -3.56. The van der Waals surface area contributed by atoms with Gasteiger partial charge in [0.05, 0.1) is 19.3 Å². The van der Waals surface area contributed by atoms with E-state index in [4.69, 9.17) is 18.3 Å². The molecule has 2 fully saturated rings. The number of nitrogens with zero attached hydrogens (tertiary/aromatic N) is 1. The number of phenolic OH excluding ortho intramolecular Hbond substituents is 1. The van der Waals surface area contributed by atoms with Gasteiger partial charge < -0.3 is 14.4 Å². The van der Waals surface area contributed by atoms with Crippen LogP contribution in [0.3, 0.4) is 0 Å². The van der Waals surface area contributed by atoms with Gasteiger partial charge in [-0.1, -0.05) is 6.07 Å². The molecular formula is C20H28NO6P. The van der Waals surface area contributed by atoms with Crippen molar-refractivity contribution in [2.24, 2.45) is 0 Å². The van der Waals surface area contributed by atoms with Crippen LogP contribution in [0.1, 0.15) is 38.7 Å². The third kappa shape index (κ3) is 3.24. The first kappa shape index (κ1) is 19.8. The van der Waals surface area contributed by atoms with E-state index in [9.17, 15) is 9.67 Å². The number of hydrogen-bond donors (Lipinski definition) is 1. The van der Waals surface area contributed by atoms with Gasteiger partial charge in [0, 0.05) is 17.9 Å². The van der Waals surface area contributed by atoms with Gasteiger partial charge >= 0.3 is 7.82 Å². The zero-order valence-corrected chi connectivity index (χ0v) is 17.6. The van der Waals surface area contributed by atoms with Crippen LogP contribution >= 0.6 is 7.82 Å². The van der Waals surface area contributed by atoms with Crippen LogP contribution in [0.25, 0.3) is 0 Å². The number of benzene rings is 1. The maximum Gasteiger partial charge on any atom is 0.530 e. The topological polar surface area (TPSA) is 77.5 Å². The number of ether oxygens (including phenoxy) is 1. The van der Waals surface area contributed by atoms with Gasteiger partial charge in [-0.15, -0.1) is 0 Å². The van der Waals surface area contributed by atoms with Crippen LogP contribution in [-0.2, 0) is 23.6 Å². The first-order valence-electron chi connectivity index (χ1n) is 9.71. The van der Waals surface area contributed by atoms with E-state index in [1.54, 1.807) is 13.2 Å². The van der Waals surface area contributed by atoms with Crippen molar-refractivity contribution in [3.8, 4) is 11.5 Å². The zero-order valence-electron chi connectivity index (χ0n) is 16.8. The minimum Gasteiger partial charge on any atom is -0.504 e. The summed E-state index contributed by atoms with van der Waals surface area (Å²) < 4.78 is 34.8. The Morgan fingerprint density at radius 3 is 2.64 bits per heavy atom. The van der Waals surface area contributed by atoms with Gasteiger partial charge in [0.1, 0.15) is 5.76 Å². The number of phosphoric ester groups is 1. The SMILES string of the molecule is COc1cc(C23CCC(OP4(=O)OC(C)C(C)O4)=CC2N(C)CC3)ccc1O. The summed E-state index contributed by atoms with van der Waals surface area (Å²) in [4.78, 5) is 2.28. The van der Waals surface area contributed by atoms with Gasteiger partial charge in [-0.25, -0.2) is 4.57 Å². The van der Waals surface area contributed by atoms with E-state index in [-0.39, 0.29) is 29.4 Å². The number of phenols is 1. The molecule has 1 N–H and O–H groups in total. The molecule has 1 aromatic rings. The summed E-state index contributed by atoms with van der Waals surface area (Å²) in [5.41, 5.74) is 1.03. The highest BCUT2D eigenvalue weighted by atomic mass is 31.2. The molecular weight excluding hydrogens is 381 g/mol. The Hall–Kier alpha value is -1.53. The molecule has 1 aliphatic carbocycles. The maximum atomic E-state index is 12.8. The van der Waals surface area contributed by atoms with E-state index in [0.717, 1.165) is 24.9 Å². The van der Waals surface area contributed by atoms with Gasteiger partial charge in [0.25, 0.3) is 0 Å². The van der Waals surface area contributed by atoms with Crippen molar-refractivity contribution >= 4 is 7.82 Å². The number of methoxy groups -OCH3 is 1. The molecule has 2 heterocycles. The molecule has 0 spiro atoms. The largest absolute Gasteiger partial charge is 0.530 e. The lowest BCUT2D eigenvalue weighted by atomic mass is 9.68. The van der Waals surface area contributed by atoms with Gasteiger partial charge in [0.15, 0.2) is 11.5 Å². The molecule has 0 radical (unpaired) electrons. The summed E-state index contributed by atoms with van der Waals surface area (Å²) in [6.07, 6.45) is 4.01. The predicted molar refractivity (Wildman–Crippen MR) is 104 cm³/mol. The van der Waals surface area contributed by atoms with Crippen molar-refractivity contribution in [2.45, 2.75) is 56.8 Å². The molecule has 3 aliphatic rings. The number of rotatable bonds is 4. The van der Waals surface area contributed by atoms with E-state index in [2.05, 4.69) is 18.0 Å². The molecule has 4 atom stereocenters. The molecule has 1 aromatic carbocycles. The van der Waals surface area contributed by atoms with Crippen molar-refractivity contribution in [3.05, 3.63) is 35.6 Å². The maximum absolute atomic E-state index is 12.8. The third-order valence-electron chi connectivity index (χ3n) is 6.35. The van der Waals surface area contributed by atoms with E-state index in [0.29, 0.717) is 17.9 Å². The van der Waals surface area contributed by atoms with Crippen LogP contribution in [0.2, 0.25) is 0 Å². The molecule has 0 bridgehead atoms. The van der Waals surface area contributed by atoms with Crippen LogP contribution < -0.4 is 4.74 Å². The second-order valence-corrected chi connectivity index (χ2v) is 9.51. The fourth-order valence-corrected chi connectivity index (χ4v) is 6.30. The van der Waals surface area contributed by atoms with Crippen LogP contribution in [0.15, 0.2) is 30.0 Å². The summed E-state index contributed by atoms with van der Waals surface area (Å²) in [5, 5.41) is 9.97. The van der Waals surface area contributed by atoms with Gasteiger partial charge in [0.2, 0.25) is 0 Å². The van der Waals surface area contributed by atoms with Crippen molar-refractivity contribution in [1.82, 2.24) is 4.90 Å². The molecule has 28 heavy (non-hydrogen) atoms. The lowest BCUT2D eigenvalue weighted by Crippen LogP contribution is -2.42. The van der Waals surface area contributed by atoms with Crippen molar-refractivity contribution < 1.29 is 28.0 Å². The summed E-state index contributed by atoms with van der Waals surface area (Å²) in [5.74, 6) is 1.27. The Morgan fingerprint density at radius 1 is 1.25 bits per heavy atom. The highest BCUT2D eigenvalue weighted by Crippen LogP contribution is 2.60.